The first-order valence-electron chi connectivity index (χ1n) is 2.86. The third-order valence-electron chi connectivity index (χ3n) is 0.667. The van der Waals surface area contributed by atoms with Gasteiger partial charge in [0.1, 0.15) is 0 Å². The molecule has 0 N–H and O–H groups in total. The summed E-state index contributed by atoms with van der Waals surface area (Å²) < 4.78 is 0. The van der Waals surface area contributed by atoms with Crippen molar-refractivity contribution in [3.8, 4) is 0 Å². The van der Waals surface area contributed by atoms with Crippen LogP contribution in [0.4, 0.5) is 0 Å². The Balaban J connectivity index is 0. The summed E-state index contributed by atoms with van der Waals surface area (Å²) >= 11 is 0. The van der Waals surface area contributed by atoms with Crippen LogP contribution in [0.2, 0.25) is 0 Å². The second-order valence-electron chi connectivity index (χ2n) is 1.34. The third kappa shape index (κ3) is 24.5. The van der Waals surface area contributed by atoms with Crippen LogP contribution >= 0.6 is 0 Å². The summed E-state index contributed by atoms with van der Waals surface area (Å²) in [4.78, 5) is 16.5. The average molecular weight is 162 g/mol. The molecule has 0 aromatic heterocycles. The maximum Gasteiger partial charge on any atom is -0.0159 e. The van der Waals surface area contributed by atoms with E-state index in [0.29, 0.717) is 12.2 Å². The second-order valence-corrected chi connectivity index (χ2v) is 1.34. The van der Waals surface area contributed by atoms with Crippen LogP contribution in [0.15, 0.2) is 36.4 Å². The van der Waals surface area contributed by atoms with Crippen molar-refractivity contribution in [3.63, 3.8) is 0 Å². The summed E-state index contributed by atoms with van der Waals surface area (Å²) in [5.41, 5.74) is 0. The summed E-state index contributed by atoms with van der Waals surface area (Å²) in [6.07, 6.45) is 1.00. The molecule has 4 nitrogen and oxygen atoms in total. The van der Waals surface area contributed by atoms with Crippen LogP contribution < -0.4 is 0 Å². The predicted molar refractivity (Wildman–Crippen MR) is 44.5 cm³/mol. The standard InChI is InChI=1S/C6H6.2CNO/c1-2-4-6-5-3-1;2*2-1-3/h1-6H;;/q;2*-1. The average Bonchev–Trinajstić information content (AvgIpc) is 2.10. The van der Waals surface area contributed by atoms with Gasteiger partial charge in [0.25, 0.3) is 0 Å². The molecule has 0 spiro atoms. The van der Waals surface area contributed by atoms with E-state index in [1.807, 2.05) is 36.4 Å². The first-order chi connectivity index (χ1) is 5.83. The van der Waals surface area contributed by atoms with Crippen molar-refractivity contribution in [1.29, 1.82) is 0 Å². The van der Waals surface area contributed by atoms with E-state index in [0.717, 1.165) is 0 Å². The highest BCUT2D eigenvalue weighted by atomic mass is 16.1. The summed E-state index contributed by atoms with van der Waals surface area (Å²) in [7, 11) is 0. The van der Waals surface area contributed by atoms with E-state index in [1.165, 1.54) is 0 Å². The van der Waals surface area contributed by atoms with Crippen LogP contribution in [0.3, 0.4) is 0 Å². The molecule has 1 aromatic rings. The van der Waals surface area contributed by atoms with Crippen molar-refractivity contribution in [3.05, 3.63) is 47.2 Å². The van der Waals surface area contributed by atoms with Gasteiger partial charge in [0.05, 0.1) is 0 Å². The highest BCUT2D eigenvalue weighted by Gasteiger charge is 1.57. The van der Waals surface area contributed by atoms with Crippen molar-refractivity contribution >= 4 is 12.2 Å². The number of rotatable bonds is 0. The van der Waals surface area contributed by atoms with Crippen LogP contribution in [0.1, 0.15) is 0 Å². The lowest BCUT2D eigenvalue weighted by Crippen LogP contribution is -1.47. The normalized spacial score (nSPS) is 5.33. The largest absolute Gasteiger partial charge is 0.724 e. The molecule has 0 aliphatic rings. The second kappa shape index (κ2) is 16.0. The van der Waals surface area contributed by atoms with Crippen LogP contribution in [0, 0.1) is 0 Å². The molecule has 0 aliphatic heterocycles. The lowest BCUT2D eigenvalue weighted by Gasteiger charge is -1.69. The predicted octanol–water partition coefficient (Wildman–Crippen LogP) is 1.47. The van der Waals surface area contributed by atoms with Gasteiger partial charge in [0, 0.05) is 0 Å². The van der Waals surface area contributed by atoms with Gasteiger partial charge >= 0.3 is 0 Å². The Morgan fingerprint density at radius 1 is 0.667 bits per heavy atom. The molecule has 0 saturated carbocycles. The molecule has 0 aliphatic carbocycles. The van der Waals surface area contributed by atoms with Gasteiger partial charge in [0.2, 0.25) is 0 Å². The number of hydrogen-bond acceptors (Lipinski definition) is 2. The van der Waals surface area contributed by atoms with Gasteiger partial charge in [-0.3, -0.25) is 9.59 Å². The zero-order valence-corrected chi connectivity index (χ0v) is 6.18. The molecule has 1 aromatic carbocycles. The molecule has 0 unspecified atom stereocenters. The van der Waals surface area contributed by atoms with Gasteiger partial charge in [-0.05, 0) is 12.2 Å². The van der Waals surface area contributed by atoms with Crippen LogP contribution in [0.5, 0.6) is 0 Å². The van der Waals surface area contributed by atoms with E-state index in [9.17, 15) is 0 Å². The highest BCUT2D eigenvalue weighted by molar-refractivity contribution is 5.37. The highest BCUT2D eigenvalue weighted by Crippen LogP contribution is 1.79. The van der Waals surface area contributed by atoms with Gasteiger partial charge in [-0.25, -0.2) is 0 Å². The van der Waals surface area contributed by atoms with Gasteiger partial charge in [-0.1, -0.05) is 36.4 Å². The summed E-state index contributed by atoms with van der Waals surface area (Å²) in [6, 6.07) is 12.0. The van der Waals surface area contributed by atoms with Gasteiger partial charge in [-0.15, -0.1) is 0 Å². The maximum absolute atomic E-state index is 8.24. The maximum atomic E-state index is 8.24. The number of nitrogens with zero attached hydrogens (tertiary/aromatic N) is 2. The molecule has 0 radical (unpaired) electrons. The molecule has 0 heterocycles. The molecule has 0 bridgehead atoms. The van der Waals surface area contributed by atoms with Crippen molar-refractivity contribution in [2.24, 2.45) is 0 Å². The number of isocyanates is 2. The van der Waals surface area contributed by atoms with Crippen molar-refractivity contribution in [2.45, 2.75) is 0 Å². The Labute approximate surface area is 69.9 Å². The lowest BCUT2D eigenvalue weighted by molar-refractivity contribution is 0.568. The van der Waals surface area contributed by atoms with E-state index in [4.69, 9.17) is 20.4 Å². The molecule has 1 rings (SSSR count). The summed E-state index contributed by atoms with van der Waals surface area (Å²) in [5.74, 6) is 0. The Kier molecular flexibility index (Phi) is 16.8. The van der Waals surface area contributed by atoms with E-state index < -0.39 is 0 Å². The molecule has 0 amide bonds. The Hall–Kier alpha value is -2.02. The molecular formula is C8H6N2O2-2. The zero-order valence-electron chi connectivity index (χ0n) is 6.18. The fourth-order valence-corrected chi connectivity index (χ4v) is 0.385. The van der Waals surface area contributed by atoms with Crippen LogP contribution in [-0.4, -0.2) is 12.2 Å². The van der Waals surface area contributed by atoms with Gasteiger partial charge in [0.15, 0.2) is 0 Å². The molecule has 0 saturated heterocycles. The van der Waals surface area contributed by atoms with Gasteiger partial charge < -0.3 is 10.8 Å². The monoisotopic (exact) mass is 162 g/mol. The van der Waals surface area contributed by atoms with E-state index >= 15 is 0 Å². The minimum absolute atomic E-state index is 0.500. The molecule has 0 fully saturated rings. The minimum Gasteiger partial charge on any atom is -0.724 e. The number of carbonyl (C=O) groups excluding carboxylic acids is 2. The smallest absolute Gasteiger partial charge is 0.0159 e. The van der Waals surface area contributed by atoms with Crippen molar-refractivity contribution in [2.75, 3.05) is 0 Å². The Morgan fingerprint density at radius 3 is 0.833 bits per heavy atom. The molecular weight excluding hydrogens is 156 g/mol. The zero-order chi connectivity index (χ0) is 9.66. The lowest BCUT2D eigenvalue weighted by atomic mass is 10.4. The van der Waals surface area contributed by atoms with E-state index in [-0.39, 0.29) is 0 Å². The van der Waals surface area contributed by atoms with Crippen molar-refractivity contribution in [1.82, 2.24) is 0 Å². The Morgan fingerprint density at radius 2 is 0.750 bits per heavy atom. The fraction of sp³-hybridized carbons (Fsp3) is 0. The fourth-order valence-electron chi connectivity index (χ4n) is 0.385. The third-order valence-corrected chi connectivity index (χ3v) is 0.667. The SMILES string of the molecule is [N-]=C=O.[N-]=C=O.c1ccccc1. The van der Waals surface area contributed by atoms with Crippen LogP contribution in [-0.2, 0) is 9.59 Å². The summed E-state index contributed by atoms with van der Waals surface area (Å²) in [5, 5.41) is 13.5. The Bertz CT molecular complexity index is 196. The number of benzene rings is 1. The molecule has 12 heavy (non-hydrogen) atoms. The summed E-state index contributed by atoms with van der Waals surface area (Å²) in [6.45, 7) is 0. The topological polar surface area (TPSA) is 78.7 Å². The van der Waals surface area contributed by atoms with E-state index in [1.54, 1.807) is 0 Å². The molecule has 62 valence electrons. The quantitative estimate of drug-likeness (QED) is 0.427. The number of hydrogen-bond donors (Lipinski definition) is 0. The molecule has 0 atom stereocenters. The van der Waals surface area contributed by atoms with Gasteiger partial charge in [-0.2, -0.15) is 0 Å². The van der Waals surface area contributed by atoms with Crippen molar-refractivity contribution < 1.29 is 9.59 Å². The van der Waals surface area contributed by atoms with Crippen LogP contribution in [0.25, 0.3) is 10.8 Å². The first-order valence-corrected chi connectivity index (χ1v) is 2.86. The molecule has 4 heteroatoms. The first kappa shape index (κ1) is 12.6. The van der Waals surface area contributed by atoms with E-state index in [2.05, 4.69) is 0 Å². The minimum atomic E-state index is 0.500.